The van der Waals surface area contributed by atoms with E-state index in [-0.39, 0.29) is 0 Å². The molecule has 4 nitrogen and oxygen atoms in total. The molecular weight excluding hydrogens is 288 g/mol. The average molecular weight is 316 g/mol. The summed E-state index contributed by atoms with van der Waals surface area (Å²) in [7, 11) is 0. The fourth-order valence-electron chi connectivity index (χ4n) is 4.85. The van der Waals surface area contributed by atoms with Gasteiger partial charge in [-0.3, -0.25) is 4.98 Å². The van der Waals surface area contributed by atoms with Crippen molar-refractivity contribution in [3.05, 3.63) is 24.5 Å². The molecule has 2 saturated heterocycles. The number of hydrogen-bond donors (Lipinski definition) is 0. The summed E-state index contributed by atoms with van der Waals surface area (Å²) in [4.78, 5) is 6.87. The summed E-state index contributed by atoms with van der Waals surface area (Å²) in [5, 5.41) is 0. The molecule has 4 heteroatoms. The van der Waals surface area contributed by atoms with Crippen molar-refractivity contribution in [2.45, 2.75) is 32.1 Å². The fraction of sp³-hybridized carbons (Fsp3) is 0.737. The van der Waals surface area contributed by atoms with Crippen LogP contribution in [0.15, 0.2) is 24.5 Å². The molecule has 1 aliphatic carbocycles. The molecule has 1 aromatic rings. The van der Waals surface area contributed by atoms with Gasteiger partial charge in [0.1, 0.15) is 5.75 Å². The maximum atomic E-state index is 6.12. The number of ether oxygens (including phenoxy) is 2. The molecule has 23 heavy (non-hydrogen) atoms. The summed E-state index contributed by atoms with van der Waals surface area (Å²) >= 11 is 0. The lowest BCUT2D eigenvalue weighted by atomic mass is 9.81. The summed E-state index contributed by atoms with van der Waals surface area (Å²) in [6.07, 6.45) is 10.2. The minimum Gasteiger partial charge on any atom is -0.491 e. The summed E-state index contributed by atoms with van der Waals surface area (Å²) in [6, 6.07) is 3.97. The van der Waals surface area contributed by atoms with Crippen LogP contribution in [0.25, 0.3) is 0 Å². The van der Waals surface area contributed by atoms with Gasteiger partial charge in [0.05, 0.1) is 12.8 Å². The maximum absolute atomic E-state index is 6.12. The highest BCUT2D eigenvalue weighted by molar-refractivity contribution is 5.16. The SMILES string of the molecule is c1cncc(OC[C@]23CCC[C@H]2CN(CC2CCOCC2)C3)c1. The summed E-state index contributed by atoms with van der Waals surface area (Å²) in [5.74, 6) is 2.56. The first-order chi connectivity index (χ1) is 11.3. The molecule has 0 unspecified atom stereocenters. The third-order valence-corrected chi connectivity index (χ3v) is 6.13. The largest absolute Gasteiger partial charge is 0.491 e. The van der Waals surface area contributed by atoms with Crippen molar-refractivity contribution >= 4 is 0 Å². The van der Waals surface area contributed by atoms with Crippen LogP contribution in [0.2, 0.25) is 0 Å². The number of pyridine rings is 1. The minimum atomic E-state index is 0.376. The lowest BCUT2D eigenvalue weighted by molar-refractivity contribution is 0.0524. The number of aromatic nitrogens is 1. The predicted octanol–water partition coefficient (Wildman–Crippen LogP) is 2.99. The Balaban J connectivity index is 1.36. The Hall–Kier alpha value is -1.13. The quantitative estimate of drug-likeness (QED) is 0.836. The van der Waals surface area contributed by atoms with Crippen molar-refractivity contribution in [2.75, 3.05) is 39.5 Å². The minimum absolute atomic E-state index is 0.376. The maximum Gasteiger partial charge on any atom is 0.137 e. The van der Waals surface area contributed by atoms with E-state index in [1.807, 2.05) is 18.3 Å². The molecule has 2 aliphatic heterocycles. The molecule has 0 N–H and O–H groups in total. The van der Waals surface area contributed by atoms with Gasteiger partial charge in [0.15, 0.2) is 0 Å². The van der Waals surface area contributed by atoms with Crippen LogP contribution in [-0.2, 0) is 4.74 Å². The van der Waals surface area contributed by atoms with E-state index >= 15 is 0 Å². The topological polar surface area (TPSA) is 34.6 Å². The number of hydrogen-bond acceptors (Lipinski definition) is 4. The van der Waals surface area contributed by atoms with E-state index < -0.39 is 0 Å². The van der Waals surface area contributed by atoms with Crippen molar-refractivity contribution in [3.8, 4) is 5.75 Å². The van der Waals surface area contributed by atoms with Crippen molar-refractivity contribution in [1.82, 2.24) is 9.88 Å². The van der Waals surface area contributed by atoms with Gasteiger partial charge in [-0.1, -0.05) is 6.42 Å². The van der Waals surface area contributed by atoms with Gasteiger partial charge in [-0.2, -0.15) is 0 Å². The van der Waals surface area contributed by atoms with Gasteiger partial charge in [-0.15, -0.1) is 0 Å². The van der Waals surface area contributed by atoms with E-state index in [4.69, 9.17) is 9.47 Å². The molecule has 0 aromatic carbocycles. The van der Waals surface area contributed by atoms with Gasteiger partial charge in [0, 0.05) is 44.5 Å². The molecule has 0 bridgehead atoms. The van der Waals surface area contributed by atoms with Crippen LogP contribution < -0.4 is 4.74 Å². The lowest BCUT2D eigenvalue weighted by Crippen LogP contribution is -2.36. The van der Waals surface area contributed by atoms with E-state index in [0.29, 0.717) is 5.41 Å². The monoisotopic (exact) mass is 316 g/mol. The molecule has 126 valence electrons. The smallest absolute Gasteiger partial charge is 0.137 e. The number of likely N-dealkylation sites (tertiary alicyclic amines) is 1. The molecule has 2 atom stereocenters. The zero-order valence-corrected chi connectivity index (χ0v) is 14.0. The Bertz CT molecular complexity index is 503. The van der Waals surface area contributed by atoms with E-state index in [1.54, 1.807) is 6.20 Å². The van der Waals surface area contributed by atoms with Gasteiger partial charge in [0.2, 0.25) is 0 Å². The second-order valence-corrected chi connectivity index (χ2v) is 7.68. The van der Waals surface area contributed by atoms with Crippen molar-refractivity contribution < 1.29 is 9.47 Å². The molecule has 0 radical (unpaired) electrons. The van der Waals surface area contributed by atoms with E-state index in [9.17, 15) is 0 Å². The number of rotatable bonds is 5. The molecule has 0 amide bonds. The van der Waals surface area contributed by atoms with E-state index in [0.717, 1.165) is 37.4 Å². The van der Waals surface area contributed by atoms with Gasteiger partial charge < -0.3 is 14.4 Å². The Morgan fingerprint density at radius 2 is 2.22 bits per heavy atom. The predicted molar refractivity (Wildman–Crippen MR) is 89.5 cm³/mol. The second-order valence-electron chi connectivity index (χ2n) is 7.68. The highest BCUT2D eigenvalue weighted by Crippen LogP contribution is 2.49. The van der Waals surface area contributed by atoms with Crippen LogP contribution in [0, 0.1) is 17.3 Å². The van der Waals surface area contributed by atoms with Crippen molar-refractivity contribution in [1.29, 1.82) is 0 Å². The Morgan fingerprint density at radius 3 is 3.04 bits per heavy atom. The van der Waals surface area contributed by atoms with Crippen LogP contribution in [0.5, 0.6) is 5.75 Å². The molecule has 3 heterocycles. The van der Waals surface area contributed by atoms with Crippen molar-refractivity contribution in [3.63, 3.8) is 0 Å². The molecule has 3 fully saturated rings. The zero-order chi connectivity index (χ0) is 15.5. The molecule has 3 aliphatic rings. The third kappa shape index (κ3) is 3.38. The standard InChI is InChI=1S/C19H28N2O2/c1-3-17-13-21(12-16-5-9-22-10-6-16)14-19(17,7-1)15-23-18-4-2-8-20-11-18/h2,4,8,11,16-17H,1,3,5-7,9-10,12-15H2/t17-,19+/m0/s1. The lowest BCUT2D eigenvalue weighted by Gasteiger charge is -2.30. The highest BCUT2D eigenvalue weighted by Gasteiger charge is 2.50. The third-order valence-electron chi connectivity index (χ3n) is 6.13. The zero-order valence-electron chi connectivity index (χ0n) is 14.0. The fourth-order valence-corrected chi connectivity index (χ4v) is 4.85. The first-order valence-electron chi connectivity index (χ1n) is 9.17. The molecule has 0 spiro atoms. The average Bonchev–Trinajstić information content (AvgIpc) is 3.12. The molecular formula is C19H28N2O2. The van der Waals surface area contributed by atoms with Crippen LogP contribution in [-0.4, -0.2) is 49.3 Å². The Morgan fingerprint density at radius 1 is 1.30 bits per heavy atom. The molecule has 4 rings (SSSR count). The van der Waals surface area contributed by atoms with E-state index in [1.165, 1.54) is 51.7 Å². The Kier molecular flexibility index (Phi) is 4.54. The number of nitrogens with zero attached hydrogens (tertiary/aromatic N) is 2. The van der Waals surface area contributed by atoms with Crippen LogP contribution >= 0.6 is 0 Å². The van der Waals surface area contributed by atoms with Crippen LogP contribution in [0.1, 0.15) is 32.1 Å². The van der Waals surface area contributed by atoms with Crippen LogP contribution in [0.3, 0.4) is 0 Å². The van der Waals surface area contributed by atoms with Gasteiger partial charge in [-0.25, -0.2) is 0 Å². The van der Waals surface area contributed by atoms with Crippen LogP contribution in [0.4, 0.5) is 0 Å². The normalized spacial score (nSPS) is 32.1. The summed E-state index contributed by atoms with van der Waals surface area (Å²) in [5.41, 5.74) is 0.376. The highest BCUT2D eigenvalue weighted by atomic mass is 16.5. The molecule has 1 saturated carbocycles. The van der Waals surface area contributed by atoms with Gasteiger partial charge in [0.25, 0.3) is 0 Å². The first kappa shape index (κ1) is 15.4. The summed E-state index contributed by atoms with van der Waals surface area (Å²) < 4.78 is 11.6. The summed E-state index contributed by atoms with van der Waals surface area (Å²) in [6.45, 7) is 6.51. The van der Waals surface area contributed by atoms with Crippen molar-refractivity contribution in [2.24, 2.45) is 17.3 Å². The Labute approximate surface area is 139 Å². The number of fused-ring (bicyclic) bond motifs is 1. The first-order valence-corrected chi connectivity index (χ1v) is 9.17. The van der Waals surface area contributed by atoms with E-state index in [2.05, 4.69) is 9.88 Å². The second kappa shape index (κ2) is 6.78. The van der Waals surface area contributed by atoms with Gasteiger partial charge >= 0.3 is 0 Å². The van der Waals surface area contributed by atoms with Gasteiger partial charge in [-0.05, 0) is 49.7 Å². The molecule has 1 aromatic heterocycles.